The zero-order chi connectivity index (χ0) is 30.0. The standard InChI is InChI=1S/C34H47N3O4/c1-3-4-5-6-7-8-9-10-11-12-13-14-15-16-17-18-19-20-21-26-32(39)35-27-28-36-33(40)29(2)37-34(41)30-24-22-23-25-31(30)38/h4-5,7-8,10-11,13-14,16-17,19-20,22-25,29,38H,3,6,9,12,15,18,21,26-28H2,1-2H3,(H,35,39)(H,36,40)(H,37,41). The lowest BCUT2D eigenvalue weighted by Gasteiger charge is -2.14. The third kappa shape index (κ3) is 18.7. The van der Waals surface area contributed by atoms with Crippen LogP contribution in [0.25, 0.3) is 0 Å². The first-order chi connectivity index (χ1) is 20.0. The minimum absolute atomic E-state index is 0.0836. The van der Waals surface area contributed by atoms with Gasteiger partial charge in [0, 0.05) is 19.5 Å². The molecular formula is C34H47N3O4. The lowest BCUT2D eigenvalue weighted by molar-refractivity contribution is -0.123. The summed E-state index contributed by atoms with van der Waals surface area (Å²) in [6, 6.07) is 5.34. The number of allylic oxidation sites excluding steroid dienone is 12. The van der Waals surface area contributed by atoms with Crippen molar-refractivity contribution < 1.29 is 19.5 Å². The van der Waals surface area contributed by atoms with Gasteiger partial charge in [0.1, 0.15) is 11.8 Å². The van der Waals surface area contributed by atoms with Gasteiger partial charge in [-0.3, -0.25) is 14.4 Å². The number of rotatable bonds is 20. The fraction of sp³-hybridized carbons (Fsp3) is 0.382. The number of para-hydroxylation sites is 1. The number of amides is 3. The van der Waals surface area contributed by atoms with E-state index in [2.05, 4.69) is 83.6 Å². The second kappa shape index (κ2) is 23.7. The summed E-state index contributed by atoms with van der Waals surface area (Å²) in [5.74, 6) is -1.14. The van der Waals surface area contributed by atoms with E-state index in [-0.39, 0.29) is 29.7 Å². The molecule has 0 bridgehead atoms. The number of aromatic hydroxyl groups is 1. The van der Waals surface area contributed by atoms with Crippen LogP contribution in [-0.4, -0.2) is 42.0 Å². The molecule has 7 heteroatoms. The highest BCUT2D eigenvalue weighted by molar-refractivity contribution is 5.99. The molecule has 1 unspecified atom stereocenters. The van der Waals surface area contributed by atoms with Crippen LogP contribution in [0.3, 0.4) is 0 Å². The Hall–Kier alpha value is -4.13. The van der Waals surface area contributed by atoms with Gasteiger partial charge < -0.3 is 21.1 Å². The monoisotopic (exact) mass is 561 g/mol. The predicted molar refractivity (Wildman–Crippen MR) is 169 cm³/mol. The Balaban J connectivity index is 2.04. The van der Waals surface area contributed by atoms with Crippen LogP contribution in [0.1, 0.15) is 75.6 Å². The molecule has 0 saturated heterocycles. The molecular weight excluding hydrogens is 514 g/mol. The van der Waals surface area contributed by atoms with E-state index in [1.54, 1.807) is 19.1 Å². The van der Waals surface area contributed by atoms with E-state index in [0.717, 1.165) is 38.5 Å². The normalized spacial score (nSPS) is 12.8. The molecule has 1 atom stereocenters. The quantitative estimate of drug-likeness (QED) is 0.112. The van der Waals surface area contributed by atoms with E-state index in [1.807, 2.05) is 12.2 Å². The Kier molecular flexibility index (Phi) is 20.2. The number of benzene rings is 1. The highest BCUT2D eigenvalue weighted by Gasteiger charge is 2.18. The average Bonchev–Trinajstić information content (AvgIpc) is 2.96. The first-order valence-corrected chi connectivity index (χ1v) is 14.5. The zero-order valence-corrected chi connectivity index (χ0v) is 24.6. The van der Waals surface area contributed by atoms with E-state index < -0.39 is 11.9 Å². The molecule has 7 nitrogen and oxygen atoms in total. The van der Waals surface area contributed by atoms with Crippen molar-refractivity contribution in [2.75, 3.05) is 13.1 Å². The summed E-state index contributed by atoms with van der Waals surface area (Å²) in [4.78, 5) is 36.3. The lowest BCUT2D eigenvalue weighted by Crippen LogP contribution is -2.46. The van der Waals surface area contributed by atoms with Crippen molar-refractivity contribution >= 4 is 17.7 Å². The van der Waals surface area contributed by atoms with Crippen LogP contribution in [-0.2, 0) is 9.59 Å². The molecule has 1 aromatic carbocycles. The van der Waals surface area contributed by atoms with Crippen LogP contribution in [0.4, 0.5) is 0 Å². The number of nitrogens with one attached hydrogen (secondary N) is 3. The Labute approximate surface area is 245 Å². The van der Waals surface area contributed by atoms with Crippen molar-refractivity contribution in [2.24, 2.45) is 0 Å². The van der Waals surface area contributed by atoms with Crippen LogP contribution in [0.2, 0.25) is 0 Å². The van der Waals surface area contributed by atoms with E-state index in [0.29, 0.717) is 19.4 Å². The molecule has 0 radical (unpaired) electrons. The SMILES string of the molecule is CCC=CCC=CCC=CCC=CCC=CCC=CCCC(=O)NCCNC(=O)C(C)NC(=O)c1ccccc1O. The maximum absolute atomic E-state index is 12.2. The zero-order valence-electron chi connectivity index (χ0n) is 24.6. The van der Waals surface area contributed by atoms with Gasteiger partial charge in [0.25, 0.3) is 5.91 Å². The molecule has 222 valence electrons. The molecule has 1 aromatic rings. The summed E-state index contributed by atoms with van der Waals surface area (Å²) in [6.45, 7) is 4.25. The fourth-order valence-corrected chi connectivity index (χ4v) is 3.49. The Morgan fingerprint density at radius 3 is 1.76 bits per heavy atom. The molecule has 0 spiro atoms. The van der Waals surface area contributed by atoms with Crippen molar-refractivity contribution in [3.8, 4) is 5.75 Å². The third-order valence-corrected chi connectivity index (χ3v) is 5.77. The summed E-state index contributed by atoms with van der Waals surface area (Å²) in [5, 5.41) is 17.7. The number of carbonyl (C=O) groups is 3. The summed E-state index contributed by atoms with van der Waals surface area (Å²) >= 11 is 0. The lowest BCUT2D eigenvalue weighted by atomic mass is 10.1. The highest BCUT2D eigenvalue weighted by atomic mass is 16.3. The maximum Gasteiger partial charge on any atom is 0.255 e. The van der Waals surface area contributed by atoms with E-state index in [4.69, 9.17) is 0 Å². The second-order valence-electron chi connectivity index (χ2n) is 9.31. The summed E-state index contributed by atoms with van der Waals surface area (Å²) in [5.41, 5.74) is 0.103. The molecule has 4 N–H and O–H groups in total. The van der Waals surface area contributed by atoms with E-state index in [1.165, 1.54) is 12.1 Å². The van der Waals surface area contributed by atoms with Gasteiger partial charge in [-0.1, -0.05) is 92.0 Å². The van der Waals surface area contributed by atoms with Crippen LogP contribution in [0, 0.1) is 0 Å². The minimum atomic E-state index is -0.786. The van der Waals surface area contributed by atoms with Crippen LogP contribution < -0.4 is 16.0 Å². The van der Waals surface area contributed by atoms with Gasteiger partial charge in [-0.2, -0.15) is 0 Å². The molecule has 0 aliphatic carbocycles. The van der Waals surface area contributed by atoms with Crippen molar-refractivity contribution in [2.45, 2.75) is 71.3 Å². The Bertz CT molecular complexity index is 1080. The van der Waals surface area contributed by atoms with Crippen LogP contribution in [0.5, 0.6) is 5.75 Å². The van der Waals surface area contributed by atoms with Gasteiger partial charge in [0.2, 0.25) is 11.8 Å². The third-order valence-electron chi connectivity index (χ3n) is 5.77. The highest BCUT2D eigenvalue weighted by Crippen LogP contribution is 2.15. The summed E-state index contributed by atoms with van der Waals surface area (Å²) in [7, 11) is 0. The van der Waals surface area contributed by atoms with Gasteiger partial charge in [-0.25, -0.2) is 0 Å². The molecule has 0 fully saturated rings. The first-order valence-electron chi connectivity index (χ1n) is 14.5. The maximum atomic E-state index is 12.2. The summed E-state index contributed by atoms with van der Waals surface area (Å²) < 4.78 is 0. The Morgan fingerprint density at radius 2 is 1.22 bits per heavy atom. The molecule has 0 aliphatic rings. The number of phenolic OH excluding ortho intramolecular Hbond substituents is 1. The number of carbonyl (C=O) groups excluding carboxylic acids is 3. The second-order valence-corrected chi connectivity index (χ2v) is 9.31. The molecule has 0 aromatic heterocycles. The topological polar surface area (TPSA) is 108 Å². The fourth-order valence-electron chi connectivity index (χ4n) is 3.49. The van der Waals surface area contributed by atoms with Gasteiger partial charge in [0.05, 0.1) is 5.56 Å². The minimum Gasteiger partial charge on any atom is -0.507 e. The molecule has 41 heavy (non-hydrogen) atoms. The number of phenols is 1. The van der Waals surface area contributed by atoms with Crippen molar-refractivity contribution in [1.82, 2.24) is 16.0 Å². The van der Waals surface area contributed by atoms with Crippen LogP contribution >= 0.6 is 0 Å². The van der Waals surface area contributed by atoms with Crippen molar-refractivity contribution in [1.29, 1.82) is 0 Å². The molecule has 0 aliphatic heterocycles. The molecule has 0 saturated carbocycles. The average molecular weight is 562 g/mol. The van der Waals surface area contributed by atoms with E-state index in [9.17, 15) is 19.5 Å². The predicted octanol–water partition coefficient (Wildman–Crippen LogP) is 6.22. The number of hydrogen-bond donors (Lipinski definition) is 4. The van der Waals surface area contributed by atoms with Gasteiger partial charge >= 0.3 is 0 Å². The first kappa shape index (κ1) is 34.9. The Morgan fingerprint density at radius 1 is 0.732 bits per heavy atom. The van der Waals surface area contributed by atoms with Gasteiger partial charge in [-0.15, -0.1) is 0 Å². The number of hydrogen-bond acceptors (Lipinski definition) is 4. The van der Waals surface area contributed by atoms with Crippen LogP contribution in [0.15, 0.2) is 97.2 Å². The smallest absolute Gasteiger partial charge is 0.255 e. The molecule has 0 heterocycles. The van der Waals surface area contributed by atoms with Gasteiger partial charge in [-0.05, 0) is 64.0 Å². The van der Waals surface area contributed by atoms with Crippen molar-refractivity contribution in [3.05, 3.63) is 103 Å². The molecule has 3 amide bonds. The van der Waals surface area contributed by atoms with E-state index >= 15 is 0 Å². The van der Waals surface area contributed by atoms with Crippen molar-refractivity contribution in [3.63, 3.8) is 0 Å². The largest absolute Gasteiger partial charge is 0.507 e. The molecule has 1 rings (SSSR count). The van der Waals surface area contributed by atoms with Gasteiger partial charge in [0.15, 0.2) is 0 Å². The summed E-state index contributed by atoms with van der Waals surface area (Å²) in [6.07, 6.45) is 32.6.